The normalized spacial score (nSPS) is 15.3. The highest BCUT2D eigenvalue weighted by Crippen LogP contribution is 2.19. The first-order chi connectivity index (χ1) is 16.4. The fourth-order valence-corrected chi connectivity index (χ4v) is 3.36. The Morgan fingerprint density at radius 3 is 2.26 bits per heavy atom. The predicted octanol–water partition coefficient (Wildman–Crippen LogP) is -2.15. The van der Waals surface area contributed by atoms with Crippen LogP contribution in [0.3, 0.4) is 0 Å². The number of para-hydroxylation sites is 1. The third-order valence-electron chi connectivity index (χ3n) is 5.29. The molecular weight excluding hydrogens is 460 g/mol. The molecule has 5 atom stereocenters. The van der Waals surface area contributed by atoms with E-state index in [1.807, 2.05) is 18.2 Å². The second-order valence-corrected chi connectivity index (χ2v) is 8.20. The number of nitrogens with two attached hydrogens (primary N) is 2. The fraction of sp³-hybridized carbons (Fsp3) is 0.409. The van der Waals surface area contributed by atoms with Gasteiger partial charge in [-0.1, -0.05) is 18.2 Å². The number of rotatable bonds is 12. The lowest BCUT2D eigenvalue weighted by molar-refractivity contribution is -0.145. The number of aliphatic carboxylic acids is 1. The van der Waals surface area contributed by atoms with Crippen molar-refractivity contribution < 1.29 is 34.2 Å². The van der Waals surface area contributed by atoms with Gasteiger partial charge >= 0.3 is 5.97 Å². The van der Waals surface area contributed by atoms with Gasteiger partial charge in [-0.25, -0.2) is 4.79 Å². The maximum atomic E-state index is 13.0. The van der Waals surface area contributed by atoms with Gasteiger partial charge in [0, 0.05) is 23.5 Å². The Kier molecular flexibility index (Phi) is 9.31. The van der Waals surface area contributed by atoms with Crippen LogP contribution in [0.5, 0.6) is 0 Å². The third kappa shape index (κ3) is 7.52. The van der Waals surface area contributed by atoms with E-state index in [4.69, 9.17) is 11.5 Å². The molecule has 2 rings (SSSR count). The number of nitrogens with one attached hydrogen (secondary N) is 4. The molecule has 2 aromatic rings. The maximum Gasteiger partial charge on any atom is 0.328 e. The number of aliphatic hydroxyl groups excluding tert-OH is 1. The van der Waals surface area contributed by atoms with Crippen LogP contribution in [0.1, 0.15) is 25.8 Å². The average molecular weight is 491 g/mol. The van der Waals surface area contributed by atoms with Crippen LogP contribution in [0.4, 0.5) is 0 Å². The summed E-state index contributed by atoms with van der Waals surface area (Å²) in [6.45, 7) is 2.56. The molecule has 1 aromatic heterocycles. The number of aromatic amines is 1. The molecule has 0 aliphatic heterocycles. The van der Waals surface area contributed by atoms with E-state index in [0.717, 1.165) is 10.9 Å². The van der Waals surface area contributed by atoms with Crippen LogP contribution < -0.4 is 27.4 Å². The molecule has 10 N–H and O–H groups in total. The molecule has 13 nitrogen and oxygen atoms in total. The number of amides is 4. The minimum Gasteiger partial charge on any atom is -0.480 e. The van der Waals surface area contributed by atoms with Crippen LogP contribution in [0.15, 0.2) is 30.5 Å². The molecule has 0 spiro atoms. The molecule has 1 aromatic carbocycles. The van der Waals surface area contributed by atoms with Crippen molar-refractivity contribution in [2.75, 3.05) is 0 Å². The first-order valence-corrected chi connectivity index (χ1v) is 10.8. The van der Waals surface area contributed by atoms with Gasteiger partial charge in [0.2, 0.25) is 23.6 Å². The molecule has 0 fully saturated rings. The fourth-order valence-electron chi connectivity index (χ4n) is 3.36. The van der Waals surface area contributed by atoms with E-state index in [1.165, 1.54) is 13.8 Å². The number of fused-ring (bicyclic) bond motifs is 1. The first kappa shape index (κ1) is 27.3. The Balaban J connectivity index is 2.21. The number of hydrogen-bond donors (Lipinski definition) is 8. The van der Waals surface area contributed by atoms with E-state index in [-0.39, 0.29) is 6.42 Å². The molecule has 5 unspecified atom stereocenters. The number of aromatic nitrogens is 1. The Morgan fingerprint density at radius 1 is 1.00 bits per heavy atom. The van der Waals surface area contributed by atoms with E-state index in [9.17, 15) is 34.2 Å². The minimum absolute atomic E-state index is 0.0183. The largest absolute Gasteiger partial charge is 0.480 e. The molecule has 0 aliphatic carbocycles. The highest BCUT2D eigenvalue weighted by molar-refractivity contribution is 5.95. The molecule has 0 saturated heterocycles. The van der Waals surface area contributed by atoms with E-state index in [2.05, 4.69) is 20.9 Å². The summed E-state index contributed by atoms with van der Waals surface area (Å²) in [4.78, 5) is 63.3. The maximum absolute atomic E-state index is 13.0. The van der Waals surface area contributed by atoms with Crippen LogP contribution in [0.2, 0.25) is 0 Å². The zero-order valence-corrected chi connectivity index (χ0v) is 19.3. The van der Waals surface area contributed by atoms with Gasteiger partial charge in [-0.3, -0.25) is 19.2 Å². The van der Waals surface area contributed by atoms with Gasteiger partial charge in [-0.2, -0.15) is 0 Å². The quantitative estimate of drug-likeness (QED) is 0.163. The average Bonchev–Trinajstić information content (AvgIpc) is 3.18. The number of carbonyl (C=O) groups excluding carboxylic acids is 4. The smallest absolute Gasteiger partial charge is 0.328 e. The van der Waals surface area contributed by atoms with Crippen molar-refractivity contribution in [3.63, 3.8) is 0 Å². The Hall–Kier alpha value is -3.97. The summed E-state index contributed by atoms with van der Waals surface area (Å²) in [6.07, 6.45) is -0.169. The summed E-state index contributed by atoms with van der Waals surface area (Å²) in [7, 11) is 0. The number of carboxylic acids is 1. The van der Waals surface area contributed by atoms with Gasteiger partial charge in [-0.05, 0) is 25.5 Å². The molecule has 0 radical (unpaired) electrons. The second kappa shape index (κ2) is 11.9. The van der Waals surface area contributed by atoms with Crippen LogP contribution in [0, 0.1) is 0 Å². The standard InChI is InChI=1S/C22H30N6O7/c1-10(26-20(32)14(23)8-17(24)30)19(31)27-16(21(33)28-18(11(2)29)22(34)35)7-12-9-25-15-6-4-3-5-13(12)15/h3-6,9-11,14,16,18,25,29H,7-8,23H2,1-2H3,(H2,24,30)(H,26,32)(H,27,31)(H,28,33)(H,34,35). The Bertz CT molecular complexity index is 1100. The lowest BCUT2D eigenvalue weighted by atomic mass is 10.0. The van der Waals surface area contributed by atoms with E-state index in [0.29, 0.717) is 5.56 Å². The van der Waals surface area contributed by atoms with Crippen molar-refractivity contribution in [1.29, 1.82) is 0 Å². The van der Waals surface area contributed by atoms with Gasteiger partial charge in [0.25, 0.3) is 0 Å². The summed E-state index contributed by atoms with van der Waals surface area (Å²) in [5.41, 5.74) is 12.1. The van der Waals surface area contributed by atoms with Crippen molar-refractivity contribution in [1.82, 2.24) is 20.9 Å². The van der Waals surface area contributed by atoms with Gasteiger partial charge in [0.1, 0.15) is 12.1 Å². The van der Waals surface area contributed by atoms with Crippen molar-refractivity contribution in [3.05, 3.63) is 36.0 Å². The number of carbonyl (C=O) groups is 5. The van der Waals surface area contributed by atoms with E-state index >= 15 is 0 Å². The summed E-state index contributed by atoms with van der Waals surface area (Å²) in [5.74, 6) is -4.63. The zero-order valence-electron chi connectivity index (χ0n) is 19.3. The number of carboxylic acid groups (broad SMARTS) is 1. The molecule has 4 amide bonds. The van der Waals surface area contributed by atoms with Gasteiger partial charge in [-0.15, -0.1) is 0 Å². The van der Waals surface area contributed by atoms with Gasteiger partial charge in [0.15, 0.2) is 6.04 Å². The second-order valence-electron chi connectivity index (χ2n) is 8.20. The van der Waals surface area contributed by atoms with Crippen LogP contribution in [0.25, 0.3) is 10.9 Å². The molecule has 0 aliphatic rings. The molecular formula is C22H30N6O7. The van der Waals surface area contributed by atoms with Crippen molar-refractivity contribution >= 4 is 40.5 Å². The monoisotopic (exact) mass is 490 g/mol. The summed E-state index contributed by atoms with van der Waals surface area (Å²) >= 11 is 0. The molecule has 13 heteroatoms. The summed E-state index contributed by atoms with van der Waals surface area (Å²) < 4.78 is 0. The van der Waals surface area contributed by atoms with Gasteiger partial charge < -0.3 is 42.6 Å². The number of hydrogen-bond acceptors (Lipinski definition) is 7. The number of benzene rings is 1. The third-order valence-corrected chi connectivity index (χ3v) is 5.29. The van der Waals surface area contributed by atoms with Crippen LogP contribution in [-0.4, -0.2) is 75.1 Å². The molecule has 0 saturated carbocycles. The SMILES string of the molecule is CC(NC(=O)C(N)CC(N)=O)C(=O)NC(Cc1c[nH]c2ccccc12)C(=O)NC(C(=O)O)C(C)O. The molecule has 1 heterocycles. The highest BCUT2D eigenvalue weighted by Gasteiger charge is 2.31. The number of H-pyrrole nitrogens is 1. The Morgan fingerprint density at radius 2 is 1.66 bits per heavy atom. The highest BCUT2D eigenvalue weighted by atomic mass is 16.4. The minimum atomic E-state index is -1.60. The lowest BCUT2D eigenvalue weighted by Crippen LogP contribution is -2.58. The van der Waals surface area contributed by atoms with E-state index in [1.54, 1.807) is 12.3 Å². The first-order valence-electron chi connectivity index (χ1n) is 10.8. The lowest BCUT2D eigenvalue weighted by Gasteiger charge is -2.24. The molecule has 0 bridgehead atoms. The summed E-state index contributed by atoms with van der Waals surface area (Å²) in [6, 6.07) is 2.01. The number of aliphatic hydroxyl groups is 1. The van der Waals surface area contributed by atoms with E-state index < -0.39 is 66.3 Å². The Labute approximate surface area is 200 Å². The molecule has 35 heavy (non-hydrogen) atoms. The number of primary amides is 1. The summed E-state index contributed by atoms with van der Waals surface area (Å²) in [5, 5.41) is 26.9. The zero-order chi connectivity index (χ0) is 26.3. The van der Waals surface area contributed by atoms with Crippen molar-refractivity contribution in [2.24, 2.45) is 11.5 Å². The predicted molar refractivity (Wildman–Crippen MR) is 125 cm³/mol. The van der Waals surface area contributed by atoms with Crippen LogP contribution in [-0.2, 0) is 30.4 Å². The molecule has 190 valence electrons. The van der Waals surface area contributed by atoms with Crippen molar-refractivity contribution in [3.8, 4) is 0 Å². The van der Waals surface area contributed by atoms with Crippen LogP contribution >= 0.6 is 0 Å². The topological polar surface area (TPSA) is 230 Å². The van der Waals surface area contributed by atoms with Crippen molar-refractivity contribution in [2.45, 2.75) is 57.0 Å². The van der Waals surface area contributed by atoms with Gasteiger partial charge in [0.05, 0.1) is 18.6 Å².